The largest absolute Gasteiger partial charge is 0.306 e. The van der Waals surface area contributed by atoms with Gasteiger partial charge in [-0.1, -0.05) is 6.58 Å². The highest BCUT2D eigenvalue weighted by Crippen LogP contribution is 2.24. The molecule has 0 aromatic heterocycles. The van der Waals surface area contributed by atoms with E-state index in [0.29, 0.717) is 0 Å². The molecule has 5 N–H and O–H groups in total. The van der Waals surface area contributed by atoms with Crippen LogP contribution < -0.4 is 11.5 Å². The quantitative estimate of drug-likeness (QED) is 0.319. The molecule has 0 aromatic carbocycles. The molecule has 82 valence electrons. The van der Waals surface area contributed by atoms with Crippen LogP contribution in [0.25, 0.3) is 0 Å². The van der Waals surface area contributed by atoms with Gasteiger partial charge in [0.1, 0.15) is 10.4 Å². The van der Waals surface area contributed by atoms with E-state index in [2.05, 4.69) is 6.58 Å². The fourth-order valence-corrected chi connectivity index (χ4v) is 1.21. The molecule has 0 saturated carbocycles. The molecule has 0 aromatic rings. The molecule has 0 amide bonds. The minimum absolute atomic E-state index is 0.812. The molecular weight excluding hydrogens is 208 g/mol. The van der Waals surface area contributed by atoms with Gasteiger partial charge in [0.15, 0.2) is 5.78 Å². The first-order chi connectivity index (χ1) is 5.98. The Kier molecular flexibility index (Phi) is 3.24. The standard InChI is InChI=1S/C7H14N2O4S/c1-4-5(10)7(8,9)6(2,3)14(11,12)13/h4H,1,8-9H2,2-3H3,(H,11,12,13). The second-order valence-electron chi connectivity index (χ2n) is 3.42. The van der Waals surface area contributed by atoms with Crippen molar-refractivity contribution in [3.63, 3.8) is 0 Å². The summed E-state index contributed by atoms with van der Waals surface area (Å²) in [6.07, 6.45) is 0.812. The fourth-order valence-electron chi connectivity index (χ4n) is 0.679. The van der Waals surface area contributed by atoms with Crippen LogP contribution in [0.5, 0.6) is 0 Å². The van der Waals surface area contributed by atoms with Gasteiger partial charge in [-0.05, 0) is 19.9 Å². The first-order valence-corrected chi connectivity index (χ1v) is 5.14. The van der Waals surface area contributed by atoms with Gasteiger partial charge >= 0.3 is 0 Å². The zero-order chi connectivity index (χ0) is 11.8. The van der Waals surface area contributed by atoms with E-state index in [1.807, 2.05) is 0 Å². The van der Waals surface area contributed by atoms with Gasteiger partial charge in [0, 0.05) is 0 Å². The SMILES string of the molecule is C=CC(=O)C(N)(N)C(C)(C)S(=O)(=O)O. The second-order valence-corrected chi connectivity index (χ2v) is 5.39. The summed E-state index contributed by atoms with van der Waals surface area (Å²) in [5, 5.41) is 0. The maximum Gasteiger partial charge on any atom is 0.273 e. The summed E-state index contributed by atoms with van der Waals surface area (Å²) in [7, 11) is -4.53. The van der Waals surface area contributed by atoms with Crippen molar-refractivity contribution < 1.29 is 17.8 Å². The third-order valence-corrected chi connectivity index (χ3v) is 3.86. The second kappa shape index (κ2) is 3.43. The predicted molar refractivity (Wildman–Crippen MR) is 51.9 cm³/mol. The summed E-state index contributed by atoms with van der Waals surface area (Å²) in [4.78, 5) is 11.2. The monoisotopic (exact) mass is 222 g/mol. The Morgan fingerprint density at radius 3 is 2.00 bits per heavy atom. The molecule has 0 bridgehead atoms. The number of hydrogen-bond donors (Lipinski definition) is 3. The number of carbonyl (C=O) groups is 1. The molecule has 0 aliphatic heterocycles. The summed E-state index contributed by atoms with van der Waals surface area (Å²) < 4.78 is 28.7. The molecule has 14 heavy (non-hydrogen) atoms. The van der Waals surface area contributed by atoms with Crippen molar-refractivity contribution in [3.05, 3.63) is 12.7 Å². The highest BCUT2D eigenvalue weighted by molar-refractivity contribution is 7.87. The molecule has 0 unspecified atom stereocenters. The lowest BCUT2D eigenvalue weighted by molar-refractivity contribution is -0.120. The van der Waals surface area contributed by atoms with Gasteiger partial charge in [-0.15, -0.1) is 0 Å². The molecular formula is C7H14N2O4S. The van der Waals surface area contributed by atoms with Crippen molar-refractivity contribution >= 4 is 15.9 Å². The van der Waals surface area contributed by atoms with E-state index < -0.39 is 26.3 Å². The van der Waals surface area contributed by atoms with Crippen LogP contribution in [-0.2, 0) is 14.9 Å². The first kappa shape index (κ1) is 13.2. The highest BCUT2D eigenvalue weighted by atomic mass is 32.2. The lowest BCUT2D eigenvalue weighted by Gasteiger charge is -2.35. The molecule has 0 radical (unpaired) electrons. The number of ketones is 1. The van der Waals surface area contributed by atoms with Crippen molar-refractivity contribution in [2.45, 2.75) is 24.3 Å². The first-order valence-electron chi connectivity index (χ1n) is 3.70. The lowest BCUT2D eigenvalue weighted by Crippen LogP contribution is -2.71. The van der Waals surface area contributed by atoms with Crippen molar-refractivity contribution in [1.82, 2.24) is 0 Å². The fraction of sp³-hybridized carbons (Fsp3) is 0.571. The van der Waals surface area contributed by atoms with Crippen molar-refractivity contribution in [3.8, 4) is 0 Å². The van der Waals surface area contributed by atoms with Gasteiger partial charge in [-0.25, -0.2) is 0 Å². The zero-order valence-corrected chi connectivity index (χ0v) is 8.84. The van der Waals surface area contributed by atoms with E-state index in [4.69, 9.17) is 16.0 Å². The predicted octanol–water partition coefficient (Wildman–Crippen LogP) is -0.978. The molecule has 0 aliphatic carbocycles. The number of carbonyl (C=O) groups excluding carboxylic acids is 1. The smallest absolute Gasteiger partial charge is 0.273 e. The molecule has 7 heteroatoms. The van der Waals surface area contributed by atoms with E-state index in [1.54, 1.807) is 0 Å². The van der Waals surface area contributed by atoms with E-state index in [0.717, 1.165) is 19.9 Å². The molecule has 6 nitrogen and oxygen atoms in total. The van der Waals surface area contributed by atoms with Crippen LogP contribution in [0.3, 0.4) is 0 Å². The minimum Gasteiger partial charge on any atom is -0.306 e. The van der Waals surface area contributed by atoms with Gasteiger partial charge in [0.25, 0.3) is 10.1 Å². The Bertz CT molecular complexity index is 356. The number of hydrogen-bond acceptors (Lipinski definition) is 5. The van der Waals surface area contributed by atoms with Crippen molar-refractivity contribution in [1.29, 1.82) is 0 Å². The normalized spacial score (nSPS) is 13.8. The number of nitrogens with two attached hydrogens (primary N) is 2. The average Bonchev–Trinajstić information content (AvgIpc) is 2.00. The van der Waals surface area contributed by atoms with Crippen LogP contribution in [0.15, 0.2) is 12.7 Å². The highest BCUT2D eigenvalue weighted by Gasteiger charge is 2.52. The molecule has 0 fully saturated rings. The topological polar surface area (TPSA) is 123 Å². The van der Waals surface area contributed by atoms with Crippen LogP contribution in [0.2, 0.25) is 0 Å². The van der Waals surface area contributed by atoms with Gasteiger partial charge < -0.3 is 11.5 Å². The van der Waals surface area contributed by atoms with Gasteiger partial charge in [0.05, 0.1) is 0 Å². The Hall–Kier alpha value is -0.760. The number of rotatable bonds is 4. The van der Waals surface area contributed by atoms with E-state index in [9.17, 15) is 13.2 Å². The summed E-state index contributed by atoms with van der Waals surface area (Å²) in [6, 6.07) is 0. The van der Waals surface area contributed by atoms with Crippen molar-refractivity contribution in [2.75, 3.05) is 0 Å². The maximum absolute atomic E-state index is 11.2. The summed E-state index contributed by atoms with van der Waals surface area (Å²) in [5.74, 6) is -0.861. The third-order valence-electron chi connectivity index (χ3n) is 2.23. The minimum atomic E-state index is -4.53. The van der Waals surface area contributed by atoms with E-state index in [1.165, 1.54) is 0 Å². The Balaban J connectivity index is 5.51. The lowest BCUT2D eigenvalue weighted by atomic mass is 9.92. The third kappa shape index (κ3) is 1.85. The van der Waals surface area contributed by atoms with Crippen LogP contribution in [-0.4, -0.2) is 29.2 Å². The van der Waals surface area contributed by atoms with E-state index in [-0.39, 0.29) is 0 Å². The molecule has 0 aliphatic rings. The van der Waals surface area contributed by atoms with Crippen LogP contribution in [0.1, 0.15) is 13.8 Å². The molecule has 0 heterocycles. The maximum atomic E-state index is 11.2. The Labute approximate surface area is 82.7 Å². The molecule has 0 atom stereocenters. The van der Waals surface area contributed by atoms with Crippen molar-refractivity contribution in [2.24, 2.45) is 11.5 Å². The summed E-state index contributed by atoms with van der Waals surface area (Å²) in [5.41, 5.74) is 8.50. The molecule has 0 spiro atoms. The van der Waals surface area contributed by atoms with Crippen LogP contribution in [0.4, 0.5) is 0 Å². The molecule has 0 rings (SSSR count). The Morgan fingerprint density at radius 2 is 1.79 bits per heavy atom. The molecule has 0 saturated heterocycles. The average molecular weight is 222 g/mol. The summed E-state index contributed by atoms with van der Waals surface area (Å²) >= 11 is 0. The van der Waals surface area contributed by atoms with Gasteiger partial charge in [-0.2, -0.15) is 8.42 Å². The van der Waals surface area contributed by atoms with Crippen LogP contribution in [0, 0.1) is 0 Å². The van der Waals surface area contributed by atoms with Gasteiger partial charge in [0.2, 0.25) is 0 Å². The summed E-state index contributed by atoms with van der Waals surface area (Å²) in [6.45, 7) is 5.25. The van der Waals surface area contributed by atoms with E-state index >= 15 is 0 Å². The van der Waals surface area contributed by atoms with Crippen LogP contribution >= 0.6 is 0 Å². The Morgan fingerprint density at radius 1 is 1.43 bits per heavy atom. The zero-order valence-electron chi connectivity index (χ0n) is 8.02. The van der Waals surface area contributed by atoms with Gasteiger partial charge in [-0.3, -0.25) is 9.35 Å².